The van der Waals surface area contributed by atoms with E-state index in [9.17, 15) is 0 Å². The van der Waals surface area contributed by atoms with Gasteiger partial charge in [-0.2, -0.15) is 5.26 Å². The Labute approximate surface area is 111 Å². The molecule has 0 aliphatic rings. The average Bonchev–Trinajstić information content (AvgIpc) is 2.83. The summed E-state index contributed by atoms with van der Waals surface area (Å²) in [6, 6.07) is 14.0. The van der Waals surface area contributed by atoms with E-state index in [-0.39, 0.29) is 0 Å². The lowest BCUT2D eigenvalue weighted by Crippen LogP contribution is -2.02. The van der Waals surface area contributed by atoms with Gasteiger partial charge < -0.3 is 4.57 Å². The van der Waals surface area contributed by atoms with E-state index in [2.05, 4.69) is 28.6 Å². The van der Waals surface area contributed by atoms with Crippen LogP contribution in [0.5, 0.6) is 0 Å². The van der Waals surface area contributed by atoms with Crippen LogP contribution in [0.4, 0.5) is 0 Å². The summed E-state index contributed by atoms with van der Waals surface area (Å²) in [6.07, 6.45) is 3.86. The van der Waals surface area contributed by atoms with Crippen LogP contribution in [0.15, 0.2) is 48.8 Å². The Morgan fingerprint density at radius 2 is 2.16 bits per heavy atom. The Kier molecular flexibility index (Phi) is 2.77. The summed E-state index contributed by atoms with van der Waals surface area (Å²) in [7, 11) is 0. The lowest BCUT2D eigenvalue weighted by molar-refractivity contribution is 0.799. The lowest BCUT2D eigenvalue weighted by atomic mass is 10.2. The highest BCUT2D eigenvalue weighted by Crippen LogP contribution is 2.19. The second kappa shape index (κ2) is 4.58. The Bertz CT molecular complexity index is 778. The van der Waals surface area contributed by atoms with E-state index in [1.165, 1.54) is 5.56 Å². The van der Waals surface area contributed by atoms with E-state index in [1.807, 2.05) is 42.7 Å². The van der Waals surface area contributed by atoms with Gasteiger partial charge in [-0.1, -0.05) is 6.07 Å². The number of aryl methyl sites for hydroxylation is 1. The Hall–Kier alpha value is -2.60. The van der Waals surface area contributed by atoms with Gasteiger partial charge in [0, 0.05) is 23.3 Å². The van der Waals surface area contributed by atoms with Crippen LogP contribution in [-0.4, -0.2) is 9.55 Å². The highest BCUT2D eigenvalue weighted by molar-refractivity contribution is 5.81. The molecule has 0 atom stereocenters. The van der Waals surface area contributed by atoms with E-state index < -0.39 is 0 Å². The van der Waals surface area contributed by atoms with Gasteiger partial charge in [0.1, 0.15) is 0 Å². The lowest BCUT2D eigenvalue weighted by Gasteiger charge is -2.07. The average molecular weight is 247 g/mol. The number of fused-ring (bicyclic) bond motifs is 1. The van der Waals surface area contributed by atoms with Crippen molar-refractivity contribution in [1.82, 2.24) is 9.55 Å². The molecule has 0 saturated carbocycles. The first-order valence-electron chi connectivity index (χ1n) is 6.17. The molecule has 3 rings (SSSR count). The maximum atomic E-state index is 8.91. The van der Waals surface area contributed by atoms with Crippen LogP contribution in [-0.2, 0) is 6.54 Å². The molecule has 0 saturated heterocycles. The van der Waals surface area contributed by atoms with Crippen molar-refractivity contribution < 1.29 is 0 Å². The molecule has 2 aromatic heterocycles. The van der Waals surface area contributed by atoms with Crippen LogP contribution < -0.4 is 0 Å². The molecule has 0 amide bonds. The number of aromatic nitrogens is 2. The normalized spacial score (nSPS) is 10.5. The summed E-state index contributed by atoms with van der Waals surface area (Å²) in [5, 5.41) is 10.00. The minimum Gasteiger partial charge on any atom is -0.341 e. The summed E-state index contributed by atoms with van der Waals surface area (Å²) < 4.78 is 2.16. The molecule has 0 radical (unpaired) electrons. The number of pyridine rings is 1. The van der Waals surface area contributed by atoms with Crippen LogP contribution >= 0.6 is 0 Å². The summed E-state index contributed by atoms with van der Waals surface area (Å²) >= 11 is 0. The largest absolute Gasteiger partial charge is 0.341 e. The van der Waals surface area contributed by atoms with E-state index in [0.717, 1.165) is 23.1 Å². The van der Waals surface area contributed by atoms with Crippen LogP contribution in [0.1, 0.15) is 16.8 Å². The Morgan fingerprint density at radius 1 is 1.26 bits per heavy atom. The first kappa shape index (κ1) is 11.5. The first-order chi connectivity index (χ1) is 9.28. The van der Waals surface area contributed by atoms with E-state index in [4.69, 9.17) is 5.26 Å². The first-order valence-corrected chi connectivity index (χ1v) is 6.17. The number of hydrogen-bond donors (Lipinski definition) is 0. The molecule has 0 fully saturated rings. The molecular weight excluding hydrogens is 234 g/mol. The Morgan fingerprint density at radius 3 is 2.95 bits per heavy atom. The molecule has 2 heterocycles. The van der Waals surface area contributed by atoms with Gasteiger partial charge in [-0.15, -0.1) is 0 Å². The van der Waals surface area contributed by atoms with Crippen molar-refractivity contribution >= 4 is 10.9 Å². The van der Waals surface area contributed by atoms with Gasteiger partial charge in [0.2, 0.25) is 0 Å². The molecule has 19 heavy (non-hydrogen) atoms. The molecule has 1 aromatic carbocycles. The van der Waals surface area contributed by atoms with Crippen LogP contribution in [0.2, 0.25) is 0 Å². The molecule has 92 valence electrons. The maximum absolute atomic E-state index is 8.91. The predicted molar refractivity (Wildman–Crippen MR) is 74.7 cm³/mol. The third-order valence-electron chi connectivity index (χ3n) is 3.34. The van der Waals surface area contributed by atoms with Gasteiger partial charge in [-0.05, 0) is 42.8 Å². The zero-order valence-electron chi connectivity index (χ0n) is 10.7. The molecule has 0 unspecified atom stereocenters. The molecule has 0 N–H and O–H groups in total. The SMILES string of the molecule is Cc1cccnc1Cn1ccc2cc(C#N)ccc21. The third kappa shape index (κ3) is 2.09. The number of benzene rings is 1. The second-order valence-electron chi connectivity index (χ2n) is 4.60. The third-order valence-corrected chi connectivity index (χ3v) is 3.34. The van der Waals surface area contributed by atoms with Crippen molar-refractivity contribution in [2.75, 3.05) is 0 Å². The minimum absolute atomic E-state index is 0.694. The quantitative estimate of drug-likeness (QED) is 0.697. The molecule has 3 heteroatoms. The summed E-state index contributed by atoms with van der Waals surface area (Å²) in [6.45, 7) is 2.82. The standard InChI is InChI=1S/C16H13N3/c1-12-3-2-7-18-15(12)11-19-8-6-14-9-13(10-17)4-5-16(14)19/h2-9H,11H2,1H3. The summed E-state index contributed by atoms with van der Waals surface area (Å²) in [5.41, 5.74) is 4.09. The fraction of sp³-hybridized carbons (Fsp3) is 0.125. The minimum atomic E-state index is 0.694. The number of rotatable bonds is 2. The van der Waals surface area contributed by atoms with Crippen molar-refractivity contribution in [1.29, 1.82) is 5.26 Å². The van der Waals surface area contributed by atoms with Crippen LogP contribution in [0.25, 0.3) is 10.9 Å². The predicted octanol–water partition coefficient (Wildman–Crippen LogP) is 3.26. The van der Waals surface area contributed by atoms with E-state index in [0.29, 0.717) is 5.56 Å². The van der Waals surface area contributed by atoms with Crippen LogP contribution in [0, 0.1) is 18.3 Å². The monoisotopic (exact) mass is 247 g/mol. The zero-order chi connectivity index (χ0) is 13.2. The van der Waals surface area contributed by atoms with Crippen LogP contribution in [0.3, 0.4) is 0 Å². The maximum Gasteiger partial charge on any atom is 0.0991 e. The molecule has 3 aromatic rings. The van der Waals surface area contributed by atoms with Gasteiger partial charge in [0.05, 0.1) is 23.9 Å². The van der Waals surface area contributed by atoms with Gasteiger partial charge in [-0.3, -0.25) is 4.98 Å². The van der Waals surface area contributed by atoms with Crippen molar-refractivity contribution in [3.05, 3.63) is 65.6 Å². The molecule has 0 spiro atoms. The molecule has 3 nitrogen and oxygen atoms in total. The molecular formula is C16H13N3. The van der Waals surface area contributed by atoms with Gasteiger partial charge in [0.15, 0.2) is 0 Å². The topological polar surface area (TPSA) is 41.6 Å². The van der Waals surface area contributed by atoms with E-state index in [1.54, 1.807) is 0 Å². The van der Waals surface area contributed by atoms with Gasteiger partial charge >= 0.3 is 0 Å². The van der Waals surface area contributed by atoms with E-state index >= 15 is 0 Å². The number of nitriles is 1. The fourth-order valence-corrected chi connectivity index (χ4v) is 2.25. The van der Waals surface area contributed by atoms with Crippen molar-refractivity contribution in [2.45, 2.75) is 13.5 Å². The summed E-state index contributed by atoms with van der Waals surface area (Å²) in [4.78, 5) is 4.42. The zero-order valence-corrected chi connectivity index (χ0v) is 10.7. The fourth-order valence-electron chi connectivity index (χ4n) is 2.25. The summed E-state index contributed by atoms with van der Waals surface area (Å²) in [5.74, 6) is 0. The van der Waals surface area contributed by atoms with Crippen molar-refractivity contribution in [3.8, 4) is 6.07 Å². The highest BCUT2D eigenvalue weighted by Gasteiger charge is 2.05. The van der Waals surface area contributed by atoms with Crippen molar-refractivity contribution in [3.63, 3.8) is 0 Å². The highest BCUT2D eigenvalue weighted by atomic mass is 15.0. The number of nitrogens with zero attached hydrogens (tertiary/aromatic N) is 3. The van der Waals surface area contributed by atoms with Crippen molar-refractivity contribution in [2.24, 2.45) is 0 Å². The Balaban J connectivity index is 2.03. The molecule has 0 bridgehead atoms. The second-order valence-corrected chi connectivity index (χ2v) is 4.60. The van der Waals surface area contributed by atoms with Gasteiger partial charge in [0.25, 0.3) is 0 Å². The van der Waals surface area contributed by atoms with Gasteiger partial charge in [-0.25, -0.2) is 0 Å². The molecule has 0 aliphatic heterocycles. The molecule has 0 aliphatic carbocycles. The number of hydrogen-bond acceptors (Lipinski definition) is 2. The smallest absolute Gasteiger partial charge is 0.0991 e.